The molecule has 0 amide bonds. The molecule has 0 aromatic heterocycles. The summed E-state index contributed by atoms with van der Waals surface area (Å²) in [5.41, 5.74) is 0. The van der Waals surface area contributed by atoms with E-state index in [1.54, 1.807) is 0 Å². The minimum absolute atomic E-state index is 0.0640. The van der Waals surface area contributed by atoms with E-state index in [1.165, 1.54) is 18.2 Å². The summed E-state index contributed by atoms with van der Waals surface area (Å²) in [5.74, 6) is -0.279. The Bertz CT molecular complexity index is 1210. The number of hydrogen-bond acceptors (Lipinski definition) is 13. The lowest BCUT2D eigenvalue weighted by Crippen LogP contribution is -2.40. The van der Waals surface area contributed by atoms with Gasteiger partial charge >= 0.3 is 0 Å². The Hall–Kier alpha value is -1.90. The minimum Gasteiger partial charge on any atom is -0.470 e. The third kappa shape index (κ3) is 11.9. The molecular weight excluding hydrogens is 645 g/mol. The van der Waals surface area contributed by atoms with Crippen LogP contribution in [0.4, 0.5) is 0 Å². The molecule has 0 spiro atoms. The smallest absolute Gasteiger partial charge is 0.257 e. The second kappa shape index (κ2) is 14.3. The molecule has 3 atom stereocenters. The number of nitrogens with one attached hydrogen (secondary N) is 3. The van der Waals surface area contributed by atoms with Crippen LogP contribution in [0, 0.1) is 0 Å². The molecule has 3 heterocycles. The van der Waals surface area contributed by atoms with Crippen LogP contribution in [0.25, 0.3) is 0 Å². The largest absolute Gasteiger partial charge is 0.470 e. The predicted molar refractivity (Wildman–Crippen MR) is 162 cm³/mol. The van der Waals surface area contributed by atoms with E-state index < -0.39 is 47.6 Å². The average molecular weight is 675 g/mol. The fraction of sp³-hybridized carbons (Fsp3) is 0.571. The Kier molecular flexibility index (Phi) is 11.7. The van der Waals surface area contributed by atoms with Crippen molar-refractivity contribution in [3.8, 4) is 0 Å². The molecule has 0 fully saturated rings. The van der Waals surface area contributed by atoms with E-state index in [1.807, 2.05) is 4.90 Å². The molecular formula is C21H30N4O9S6. The highest BCUT2D eigenvalue weighted by Gasteiger charge is 2.24. The first-order chi connectivity index (χ1) is 18.7. The fourth-order valence-corrected chi connectivity index (χ4v) is 8.12. The molecule has 13 nitrogen and oxygen atoms in total. The van der Waals surface area contributed by atoms with Gasteiger partial charge in [-0.05, 0) is 54.9 Å². The molecule has 40 heavy (non-hydrogen) atoms. The van der Waals surface area contributed by atoms with Gasteiger partial charge in [-0.2, -0.15) is 0 Å². The maximum atomic E-state index is 11.5. The number of nitrogens with zero attached hydrogens (tertiary/aromatic N) is 1. The van der Waals surface area contributed by atoms with Gasteiger partial charge in [-0.15, -0.1) is 0 Å². The molecule has 0 radical (unpaired) electrons. The van der Waals surface area contributed by atoms with Gasteiger partial charge in [0.2, 0.25) is 0 Å². The van der Waals surface area contributed by atoms with E-state index in [0.29, 0.717) is 19.6 Å². The van der Waals surface area contributed by atoms with E-state index in [9.17, 15) is 25.3 Å². The number of ether oxygens (including phenoxy) is 3. The van der Waals surface area contributed by atoms with E-state index >= 15 is 0 Å². The second-order valence-corrected chi connectivity index (χ2v) is 15.9. The summed E-state index contributed by atoms with van der Waals surface area (Å²) < 4.78 is 85.9. The van der Waals surface area contributed by atoms with Crippen molar-refractivity contribution in [1.29, 1.82) is 0 Å². The van der Waals surface area contributed by atoms with Crippen LogP contribution in [0.15, 0.2) is 34.5 Å². The Balaban J connectivity index is 1.41. The van der Waals surface area contributed by atoms with Gasteiger partial charge in [0, 0.05) is 35.9 Å². The molecule has 0 saturated heterocycles. The molecule has 224 valence electrons. The minimum atomic E-state index is -3.23. The normalized spacial score (nSPS) is 25.0. The van der Waals surface area contributed by atoms with Gasteiger partial charge < -0.3 is 30.2 Å². The van der Waals surface area contributed by atoms with Gasteiger partial charge in [-0.25, -0.2) is 25.3 Å². The zero-order valence-corrected chi connectivity index (χ0v) is 26.0. The lowest BCUT2D eigenvalue weighted by molar-refractivity contribution is 0.143. The van der Waals surface area contributed by atoms with E-state index in [0.717, 1.165) is 16.2 Å². The van der Waals surface area contributed by atoms with Crippen LogP contribution >= 0.6 is 36.7 Å². The lowest BCUT2D eigenvalue weighted by atomic mass is 10.3. The monoisotopic (exact) mass is 674 g/mol. The van der Waals surface area contributed by atoms with Gasteiger partial charge in [0.25, 0.3) is 15.5 Å². The van der Waals surface area contributed by atoms with Crippen LogP contribution in [-0.4, -0.2) is 121 Å². The number of thiocarbonyl (C=S) groups is 3. The summed E-state index contributed by atoms with van der Waals surface area (Å²) in [4.78, 5) is 1.92. The third-order valence-corrected chi connectivity index (χ3v) is 10.5. The van der Waals surface area contributed by atoms with Crippen molar-refractivity contribution in [2.45, 2.75) is 18.1 Å². The Labute approximate surface area is 250 Å². The molecule has 0 aromatic rings. The molecule has 0 bridgehead atoms. The quantitative estimate of drug-likeness (QED) is 0.213. The highest BCUT2D eigenvalue weighted by Crippen LogP contribution is 2.10. The van der Waals surface area contributed by atoms with Crippen molar-refractivity contribution in [3.63, 3.8) is 0 Å². The molecule has 3 aliphatic heterocycles. The second-order valence-electron chi connectivity index (χ2n) is 8.98. The summed E-state index contributed by atoms with van der Waals surface area (Å²) >= 11 is 15.5. The molecule has 0 aliphatic carbocycles. The van der Waals surface area contributed by atoms with Crippen LogP contribution in [-0.2, 0) is 43.7 Å². The maximum absolute atomic E-state index is 11.5. The predicted octanol–water partition coefficient (Wildman–Crippen LogP) is -1.11. The van der Waals surface area contributed by atoms with Crippen LogP contribution in [0.5, 0.6) is 0 Å². The SMILES string of the molecule is O=S1(=O)C=CC(NC(=S)OCCN(CCOC(=S)NC2C=CS(=O)(=O)C2)CCOC(=S)NC2C=CS(=O)(=O)C2)C1. The molecule has 3 rings (SSSR count). The van der Waals surface area contributed by atoms with Crippen LogP contribution in [0.2, 0.25) is 0 Å². The summed E-state index contributed by atoms with van der Waals surface area (Å²) in [6.45, 7) is 1.70. The topological polar surface area (TPSA) is 169 Å². The fourth-order valence-electron chi connectivity index (χ4n) is 3.71. The summed E-state index contributed by atoms with van der Waals surface area (Å²) in [7, 11) is -9.69. The first kappa shape index (κ1) is 32.6. The van der Waals surface area contributed by atoms with E-state index in [4.69, 9.17) is 50.9 Å². The van der Waals surface area contributed by atoms with Crippen molar-refractivity contribution in [3.05, 3.63) is 34.5 Å². The van der Waals surface area contributed by atoms with E-state index in [-0.39, 0.29) is 52.6 Å². The van der Waals surface area contributed by atoms with Gasteiger partial charge in [0.05, 0.1) is 35.4 Å². The first-order valence-corrected chi connectivity index (χ1v) is 18.3. The molecule has 3 aliphatic rings. The van der Waals surface area contributed by atoms with Crippen molar-refractivity contribution < 1.29 is 39.5 Å². The van der Waals surface area contributed by atoms with Gasteiger partial charge in [0.1, 0.15) is 19.8 Å². The van der Waals surface area contributed by atoms with Crippen molar-refractivity contribution >= 4 is 81.7 Å². The van der Waals surface area contributed by atoms with Gasteiger partial charge in [-0.1, -0.05) is 0 Å². The zero-order chi connectivity index (χ0) is 29.4. The number of sulfone groups is 3. The average Bonchev–Trinajstić information content (AvgIpc) is 3.47. The Morgan fingerprint density at radius 3 is 1.10 bits per heavy atom. The molecule has 0 aromatic carbocycles. The summed E-state index contributed by atoms with van der Waals surface area (Å²) in [6.07, 6.45) is 4.52. The van der Waals surface area contributed by atoms with Gasteiger partial charge in [-0.3, -0.25) is 4.90 Å². The van der Waals surface area contributed by atoms with E-state index in [2.05, 4.69) is 16.0 Å². The third-order valence-electron chi connectivity index (χ3n) is 5.62. The molecule has 0 saturated carbocycles. The van der Waals surface area contributed by atoms with Crippen LogP contribution < -0.4 is 16.0 Å². The van der Waals surface area contributed by atoms with Crippen molar-refractivity contribution in [2.75, 3.05) is 56.7 Å². The van der Waals surface area contributed by atoms with Crippen molar-refractivity contribution in [2.24, 2.45) is 0 Å². The highest BCUT2D eigenvalue weighted by molar-refractivity contribution is 7.95. The van der Waals surface area contributed by atoms with Gasteiger partial charge in [0.15, 0.2) is 29.5 Å². The highest BCUT2D eigenvalue weighted by atomic mass is 32.2. The Morgan fingerprint density at radius 1 is 0.600 bits per heavy atom. The Morgan fingerprint density at radius 2 is 0.875 bits per heavy atom. The summed E-state index contributed by atoms with van der Waals surface area (Å²) in [5, 5.41) is 12.1. The molecule has 19 heteroatoms. The molecule has 3 N–H and O–H groups in total. The first-order valence-electron chi connectivity index (χ1n) is 12.0. The standard InChI is InChI=1S/C21H30N4O9S6/c26-38(27)10-1-16(13-38)22-19(35)32-7-4-25(5-8-33-20(36)23-17-2-11-39(28,29)14-17)6-9-34-21(37)24-18-3-12-40(30,31)15-18/h1-3,10-12,16-18H,4-9,13-15H2,(H,22,35)(H,23,36)(H,24,37). The zero-order valence-electron chi connectivity index (χ0n) is 21.1. The summed E-state index contributed by atoms with van der Waals surface area (Å²) in [6, 6.07) is -1.36. The molecule has 3 unspecified atom stereocenters. The van der Waals surface area contributed by atoms with Crippen LogP contribution in [0.3, 0.4) is 0 Å². The number of hydrogen-bond donors (Lipinski definition) is 3. The van der Waals surface area contributed by atoms with Crippen LogP contribution in [0.1, 0.15) is 0 Å². The lowest BCUT2D eigenvalue weighted by Gasteiger charge is -2.24. The van der Waals surface area contributed by atoms with Crippen molar-refractivity contribution in [1.82, 2.24) is 20.9 Å². The number of rotatable bonds is 12. The maximum Gasteiger partial charge on any atom is 0.257 e.